The molecule has 2 aliphatic heterocycles. The molecule has 2 N–H and O–H groups in total. The Hall–Kier alpha value is -0.120. The van der Waals surface area contributed by atoms with Gasteiger partial charge in [0.15, 0.2) is 0 Å². The molecule has 2 rings (SSSR count). The fraction of sp³-hybridized carbons (Fsp3) is 1.00. The molecule has 2 fully saturated rings. The van der Waals surface area contributed by atoms with Gasteiger partial charge in [0.25, 0.3) is 0 Å². The van der Waals surface area contributed by atoms with E-state index in [1.165, 1.54) is 0 Å². The summed E-state index contributed by atoms with van der Waals surface area (Å²) in [7, 11) is 0. The first-order valence-electron chi connectivity index (χ1n) is 3.85. The lowest BCUT2D eigenvalue weighted by Gasteiger charge is -2.12. The summed E-state index contributed by atoms with van der Waals surface area (Å²) < 4.78 is 11.0. The zero-order valence-corrected chi connectivity index (χ0v) is 5.95. The summed E-state index contributed by atoms with van der Waals surface area (Å²) >= 11 is 0. The summed E-state index contributed by atoms with van der Waals surface area (Å²) in [4.78, 5) is 0. The Morgan fingerprint density at radius 2 is 2.30 bits per heavy atom. The van der Waals surface area contributed by atoms with Crippen molar-refractivity contribution in [1.82, 2.24) is 0 Å². The average molecular weight is 143 g/mol. The molecular weight excluding hydrogens is 130 g/mol. The van der Waals surface area contributed by atoms with Crippen molar-refractivity contribution in [2.75, 3.05) is 19.8 Å². The van der Waals surface area contributed by atoms with Crippen molar-refractivity contribution in [2.45, 2.75) is 18.6 Å². The van der Waals surface area contributed by atoms with Gasteiger partial charge < -0.3 is 15.2 Å². The lowest BCUT2D eigenvalue weighted by atomic mass is 10.0. The van der Waals surface area contributed by atoms with Gasteiger partial charge in [-0.15, -0.1) is 0 Å². The van der Waals surface area contributed by atoms with E-state index in [1.807, 2.05) is 0 Å². The molecule has 0 spiro atoms. The van der Waals surface area contributed by atoms with E-state index in [2.05, 4.69) is 0 Å². The molecule has 3 unspecified atom stereocenters. The molecule has 0 aromatic heterocycles. The summed E-state index contributed by atoms with van der Waals surface area (Å²) in [6.45, 7) is 2.35. The van der Waals surface area contributed by atoms with Crippen molar-refractivity contribution in [2.24, 2.45) is 11.7 Å². The third-order valence-electron chi connectivity index (χ3n) is 2.37. The van der Waals surface area contributed by atoms with E-state index in [9.17, 15) is 0 Å². The van der Waals surface area contributed by atoms with Gasteiger partial charge >= 0.3 is 0 Å². The van der Waals surface area contributed by atoms with Gasteiger partial charge in [0, 0.05) is 12.5 Å². The first-order valence-corrected chi connectivity index (χ1v) is 3.85. The fourth-order valence-electron chi connectivity index (χ4n) is 1.75. The highest BCUT2D eigenvalue weighted by atomic mass is 16.6. The largest absolute Gasteiger partial charge is 0.375 e. The topological polar surface area (TPSA) is 44.5 Å². The van der Waals surface area contributed by atoms with E-state index in [0.29, 0.717) is 24.7 Å². The first kappa shape index (κ1) is 6.58. The maximum Gasteiger partial charge on any atom is 0.0899 e. The van der Waals surface area contributed by atoms with E-state index < -0.39 is 0 Å². The number of hydrogen-bond donors (Lipinski definition) is 1. The molecule has 58 valence electrons. The second-order valence-electron chi connectivity index (χ2n) is 2.99. The Bertz CT molecular complexity index is 129. The molecule has 0 amide bonds. The van der Waals surface area contributed by atoms with Gasteiger partial charge in [-0.25, -0.2) is 0 Å². The van der Waals surface area contributed by atoms with Crippen molar-refractivity contribution in [3.63, 3.8) is 0 Å². The van der Waals surface area contributed by atoms with Crippen LogP contribution in [0.15, 0.2) is 0 Å². The molecule has 0 saturated carbocycles. The van der Waals surface area contributed by atoms with Crippen LogP contribution in [0.25, 0.3) is 0 Å². The highest BCUT2D eigenvalue weighted by Gasteiger charge is 2.40. The molecule has 10 heavy (non-hydrogen) atoms. The second-order valence-corrected chi connectivity index (χ2v) is 2.99. The summed E-state index contributed by atoms with van der Waals surface area (Å²) in [6.07, 6.45) is 1.72. The lowest BCUT2D eigenvalue weighted by molar-refractivity contribution is 0.0646. The molecule has 0 radical (unpaired) electrons. The summed E-state index contributed by atoms with van der Waals surface area (Å²) in [5.41, 5.74) is 5.53. The first-order chi connectivity index (χ1) is 4.92. The monoisotopic (exact) mass is 143 g/mol. The summed E-state index contributed by atoms with van der Waals surface area (Å²) in [5.74, 6) is 0.451. The van der Waals surface area contributed by atoms with Crippen molar-refractivity contribution >= 4 is 0 Å². The van der Waals surface area contributed by atoms with Crippen LogP contribution in [-0.2, 0) is 9.47 Å². The highest BCUT2D eigenvalue weighted by molar-refractivity contribution is 4.88. The average Bonchev–Trinajstić information content (AvgIpc) is 2.44. The van der Waals surface area contributed by atoms with E-state index in [-0.39, 0.29) is 0 Å². The van der Waals surface area contributed by atoms with E-state index in [1.54, 1.807) is 0 Å². The van der Waals surface area contributed by atoms with Crippen LogP contribution in [0.2, 0.25) is 0 Å². The minimum absolute atomic E-state index is 0.310. The predicted molar refractivity (Wildman–Crippen MR) is 36.6 cm³/mol. The third-order valence-corrected chi connectivity index (χ3v) is 2.37. The van der Waals surface area contributed by atoms with Gasteiger partial charge in [-0.2, -0.15) is 0 Å². The molecule has 2 aliphatic rings. The Morgan fingerprint density at radius 3 is 3.10 bits per heavy atom. The summed E-state index contributed by atoms with van der Waals surface area (Å²) in [5, 5.41) is 0. The zero-order valence-electron chi connectivity index (χ0n) is 5.95. The minimum Gasteiger partial charge on any atom is -0.375 e. The lowest BCUT2D eigenvalue weighted by Crippen LogP contribution is -2.28. The van der Waals surface area contributed by atoms with Crippen molar-refractivity contribution in [3.8, 4) is 0 Å². The van der Waals surface area contributed by atoms with Gasteiger partial charge in [-0.1, -0.05) is 0 Å². The number of rotatable bonds is 1. The number of hydrogen-bond acceptors (Lipinski definition) is 3. The fourth-order valence-corrected chi connectivity index (χ4v) is 1.75. The highest BCUT2D eigenvalue weighted by Crippen LogP contribution is 2.29. The SMILES string of the molecule is NCC1COC2CCOC12. The van der Waals surface area contributed by atoms with Gasteiger partial charge in [-0.3, -0.25) is 0 Å². The second kappa shape index (κ2) is 2.49. The van der Waals surface area contributed by atoms with Crippen molar-refractivity contribution < 1.29 is 9.47 Å². The number of ether oxygens (including phenoxy) is 2. The Kier molecular flexibility index (Phi) is 1.64. The smallest absolute Gasteiger partial charge is 0.0899 e. The quantitative estimate of drug-likeness (QED) is 0.550. The van der Waals surface area contributed by atoms with Gasteiger partial charge in [-0.05, 0) is 13.0 Å². The molecule has 3 atom stereocenters. The molecule has 3 heteroatoms. The number of fused-ring (bicyclic) bond motifs is 1. The van der Waals surface area contributed by atoms with Crippen LogP contribution in [0.3, 0.4) is 0 Å². The van der Waals surface area contributed by atoms with E-state index in [4.69, 9.17) is 15.2 Å². The minimum atomic E-state index is 0.310. The third kappa shape index (κ3) is 0.856. The van der Waals surface area contributed by atoms with E-state index >= 15 is 0 Å². The molecule has 0 aromatic rings. The Labute approximate surface area is 60.5 Å². The maximum absolute atomic E-state index is 5.53. The molecule has 2 heterocycles. The number of nitrogens with two attached hydrogens (primary N) is 1. The van der Waals surface area contributed by atoms with Crippen LogP contribution < -0.4 is 5.73 Å². The molecule has 0 aromatic carbocycles. The van der Waals surface area contributed by atoms with Crippen molar-refractivity contribution in [3.05, 3.63) is 0 Å². The maximum atomic E-state index is 5.53. The van der Waals surface area contributed by atoms with Crippen LogP contribution in [0.4, 0.5) is 0 Å². The van der Waals surface area contributed by atoms with Gasteiger partial charge in [0.2, 0.25) is 0 Å². The van der Waals surface area contributed by atoms with Crippen LogP contribution >= 0.6 is 0 Å². The van der Waals surface area contributed by atoms with Crippen LogP contribution in [0.5, 0.6) is 0 Å². The van der Waals surface area contributed by atoms with Crippen molar-refractivity contribution in [1.29, 1.82) is 0 Å². The summed E-state index contributed by atoms with van der Waals surface area (Å²) in [6, 6.07) is 0. The van der Waals surface area contributed by atoms with Crippen LogP contribution in [0.1, 0.15) is 6.42 Å². The van der Waals surface area contributed by atoms with Gasteiger partial charge in [0.05, 0.1) is 18.8 Å². The predicted octanol–water partition coefficient (Wildman–Crippen LogP) is -0.251. The van der Waals surface area contributed by atoms with E-state index in [0.717, 1.165) is 19.6 Å². The van der Waals surface area contributed by atoms with Crippen LogP contribution in [0, 0.1) is 5.92 Å². The normalized spacial score (nSPS) is 45.9. The molecule has 3 nitrogen and oxygen atoms in total. The molecule has 2 saturated heterocycles. The van der Waals surface area contributed by atoms with Crippen LogP contribution in [-0.4, -0.2) is 32.0 Å². The molecular formula is C7H13NO2. The molecule has 0 aliphatic carbocycles. The standard InChI is InChI=1S/C7H13NO2/c8-3-5-4-10-6-1-2-9-7(5)6/h5-7H,1-4,8H2. The Morgan fingerprint density at radius 1 is 1.40 bits per heavy atom. The molecule has 0 bridgehead atoms. The zero-order chi connectivity index (χ0) is 6.97. The Balaban J connectivity index is 2.01. The van der Waals surface area contributed by atoms with Gasteiger partial charge in [0.1, 0.15) is 0 Å².